The van der Waals surface area contributed by atoms with Gasteiger partial charge in [-0.15, -0.1) is 0 Å². The number of hydrogen-bond donors (Lipinski definition) is 1. The average molecular weight is 392 g/mol. The van der Waals surface area contributed by atoms with Crippen LogP contribution in [0.4, 0.5) is 0 Å². The van der Waals surface area contributed by atoms with Crippen LogP contribution in [0.2, 0.25) is 0 Å². The monoisotopic (exact) mass is 392 g/mol. The molecule has 3 rings (SSSR count). The average Bonchev–Trinajstić information content (AvgIpc) is 2.68. The van der Waals surface area contributed by atoms with Crippen molar-refractivity contribution >= 4 is 5.78 Å². The largest absolute Gasteiger partial charge is 0.508 e. The zero-order valence-corrected chi connectivity index (χ0v) is 17.3. The number of ether oxygens (including phenoxy) is 2. The zero-order chi connectivity index (χ0) is 20.8. The predicted molar refractivity (Wildman–Crippen MR) is 115 cm³/mol. The Kier molecular flexibility index (Phi) is 6.76. The number of phenols is 1. The van der Waals surface area contributed by atoms with E-state index in [0.717, 1.165) is 24.2 Å². The van der Waals surface area contributed by atoms with E-state index < -0.39 is 0 Å². The first-order valence-electron chi connectivity index (χ1n) is 9.97. The first-order valence-corrected chi connectivity index (χ1v) is 9.97. The van der Waals surface area contributed by atoms with Gasteiger partial charge in [0.05, 0.1) is 12.0 Å². The number of benzene rings is 2. The summed E-state index contributed by atoms with van der Waals surface area (Å²) in [5.41, 5.74) is 4.09. The second kappa shape index (κ2) is 9.46. The Balaban J connectivity index is 1.57. The molecule has 1 aliphatic rings. The van der Waals surface area contributed by atoms with Crippen LogP contribution in [0.15, 0.2) is 65.8 Å². The Bertz CT molecular complexity index is 918. The Labute approximate surface area is 172 Å². The van der Waals surface area contributed by atoms with Gasteiger partial charge in [0.1, 0.15) is 30.0 Å². The number of carbonyl (C=O) groups excluding carboxylic acids is 1. The van der Waals surface area contributed by atoms with Gasteiger partial charge in [0.25, 0.3) is 0 Å². The van der Waals surface area contributed by atoms with Crippen LogP contribution in [-0.4, -0.2) is 17.5 Å². The number of Topliss-reactive ketones (excluding diaryl/α,β-unsaturated/α-hetero) is 1. The molecule has 1 N–H and O–H groups in total. The lowest BCUT2D eigenvalue weighted by molar-refractivity contribution is 0.0849. The van der Waals surface area contributed by atoms with Gasteiger partial charge in [-0.3, -0.25) is 4.79 Å². The highest BCUT2D eigenvalue weighted by Gasteiger charge is 2.27. The van der Waals surface area contributed by atoms with Crippen molar-refractivity contribution in [2.75, 3.05) is 6.61 Å². The van der Waals surface area contributed by atoms with E-state index in [4.69, 9.17) is 9.47 Å². The Morgan fingerprint density at radius 3 is 2.62 bits per heavy atom. The SMILES string of the molecule is CC(C)=CCCC(C)=CCOc1ccc(C2CC(=O)c3ccc(O)cc3O2)cc1. The fourth-order valence-corrected chi connectivity index (χ4v) is 3.25. The van der Waals surface area contributed by atoms with Crippen molar-refractivity contribution in [2.24, 2.45) is 0 Å². The molecule has 0 bridgehead atoms. The van der Waals surface area contributed by atoms with E-state index in [1.807, 2.05) is 24.3 Å². The van der Waals surface area contributed by atoms with Crippen LogP contribution >= 0.6 is 0 Å². The molecule has 2 aromatic rings. The van der Waals surface area contributed by atoms with Gasteiger partial charge in [-0.1, -0.05) is 29.4 Å². The van der Waals surface area contributed by atoms with Gasteiger partial charge in [-0.25, -0.2) is 0 Å². The van der Waals surface area contributed by atoms with Crippen LogP contribution in [-0.2, 0) is 0 Å². The highest BCUT2D eigenvalue weighted by atomic mass is 16.5. The molecule has 4 nitrogen and oxygen atoms in total. The molecule has 0 spiro atoms. The molecule has 0 aliphatic carbocycles. The number of fused-ring (bicyclic) bond motifs is 1. The number of allylic oxidation sites excluding steroid dienone is 3. The Hall–Kier alpha value is -3.01. The molecule has 2 aromatic carbocycles. The summed E-state index contributed by atoms with van der Waals surface area (Å²) >= 11 is 0. The van der Waals surface area contributed by atoms with E-state index in [1.165, 1.54) is 23.3 Å². The van der Waals surface area contributed by atoms with Crippen LogP contribution < -0.4 is 9.47 Å². The van der Waals surface area contributed by atoms with Crippen molar-refractivity contribution < 1.29 is 19.4 Å². The van der Waals surface area contributed by atoms with Crippen LogP contribution in [0.1, 0.15) is 62.1 Å². The van der Waals surface area contributed by atoms with Crippen LogP contribution in [0.5, 0.6) is 17.2 Å². The van der Waals surface area contributed by atoms with E-state index in [-0.39, 0.29) is 24.1 Å². The summed E-state index contributed by atoms with van der Waals surface area (Å²) in [5, 5.41) is 9.65. The quantitative estimate of drug-likeness (QED) is 0.573. The third-order valence-electron chi connectivity index (χ3n) is 4.93. The maximum Gasteiger partial charge on any atom is 0.170 e. The Morgan fingerprint density at radius 2 is 1.90 bits per heavy atom. The molecule has 29 heavy (non-hydrogen) atoms. The van der Waals surface area contributed by atoms with E-state index in [0.29, 0.717) is 17.9 Å². The van der Waals surface area contributed by atoms with Crippen LogP contribution in [0.25, 0.3) is 0 Å². The van der Waals surface area contributed by atoms with E-state index >= 15 is 0 Å². The highest BCUT2D eigenvalue weighted by molar-refractivity contribution is 6.00. The molecule has 0 saturated heterocycles. The summed E-state index contributed by atoms with van der Waals surface area (Å²) in [5.74, 6) is 1.32. The number of phenolic OH excluding ortho intramolecular Hbond substituents is 1. The molecule has 1 unspecified atom stereocenters. The maximum atomic E-state index is 12.4. The van der Waals surface area contributed by atoms with Crippen molar-refractivity contribution in [3.8, 4) is 17.2 Å². The summed E-state index contributed by atoms with van der Waals surface area (Å²) in [6.07, 6.45) is 6.38. The summed E-state index contributed by atoms with van der Waals surface area (Å²) in [6, 6.07) is 12.2. The van der Waals surface area contributed by atoms with Crippen LogP contribution in [0.3, 0.4) is 0 Å². The number of rotatable bonds is 7. The first-order chi connectivity index (χ1) is 13.9. The third-order valence-corrected chi connectivity index (χ3v) is 4.93. The molecular formula is C25H28O4. The van der Waals surface area contributed by atoms with E-state index in [1.54, 1.807) is 6.07 Å². The predicted octanol–water partition coefficient (Wildman–Crippen LogP) is 6.17. The molecule has 0 saturated carbocycles. The zero-order valence-electron chi connectivity index (χ0n) is 17.3. The number of ketones is 1. The van der Waals surface area contributed by atoms with Crippen molar-refractivity contribution in [2.45, 2.75) is 46.1 Å². The summed E-state index contributed by atoms with van der Waals surface area (Å²) in [6.45, 7) is 6.88. The molecule has 1 heterocycles. The molecule has 1 aliphatic heterocycles. The second-order valence-corrected chi connectivity index (χ2v) is 7.66. The molecule has 0 aromatic heterocycles. The fourth-order valence-electron chi connectivity index (χ4n) is 3.25. The number of carbonyl (C=O) groups is 1. The third kappa shape index (κ3) is 5.74. The van der Waals surface area contributed by atoms with Gasteiger partial charge in [-0.05, 0) is 69.5 Å². The second-order valence-electron chi connectivity index (χ2n) is 7.66. The Morgan fingerprint density at radius 1 is 1.14 bits per heavy atom. The van der Waals surface area contributed by atoms with Gasteiger partial charge >= 0.3 is 0 Å². The lowest BCUT2D eigenvalue weighted by atomic mass is 9.96. The lowest BCUT2D eigenvalue weighted by Crippen LogP contribution is -2.20. The summed E-state index contributed by atoms with van der Waals surface area (Å²) in [7, 11) is 0. The standard InChI is InChI=1S/C25H28O4/c1-17(2)5-4-6-18(3)13-14-28-21-10-7-19(8-11-21)24-16-23(27)22-12-9-20(26)15-25(22)29-24/h5,7-13,15,24,26H,4,6,14,16H2,1-3H3. The summed E-state index contributed by atoms with van der Waals surface area (Å²) < 4.78 is 11.7. The fraction of sp³-hybridized carbons (Fsp3) is 0.320. The maximum absolute atomic E-state index is 12.4. The van der Waals surface area contributed by atoms with Crippen LogP contribution in [0, 0.1) is 0 Å². The smallest absolute Gasteiger partial charge is 0.170 e. The minimum Gasteiger partial charge on any atom is -0.508 e. The minimum absolute atomic E-state index is 0.0188. The molecule has 0 fully saturated rings. The highest BCUT2D eigenvalue weighted by Crippen LogP contribution is 2.37. The topological polar surface area (TPSA) is 55.8 Å². The van der Waals surface area contributed by atoms with Gasteiger partial charge in [-0.2, -0.15) is 0 Å². The molecule has 4 heteroatoms. The minimum atomic E-state index is -0.358. The van der Waals surface area contributed by atoms with Crippen molar-refractivity contribution in [1.82, 2.24) is 0 Å². The lowest BCUT2D eigenvalue weighted by Gasteiger charge is -2.25. The summed E-state index contributed by atoms with van der Waals surface area (Å²) in [4.78, 5) is 12.4. The van der Waals surface area contributed by atoms with Gasteiger partial charge < -0.3 is 14.6 Å². The van der Waals surface area contributed by atoms with E-state index in [9.17, 15) is 9.90 Å². The van der Waals surface area contributed by atoms with Gasteiger partial charge in [0.2, 0.25) is 0 Å². The number of hydrogen-bond acceptors (Lipinski definition) is 4. The van der Waals surface area contributed by atoms with Gasteiger partial charge in [0.15, 0.2) is 5.78 Å². The normalized spacial score (nSPS) is 16.0. The molecule has 0 amide bonds. The molecule has 152 valence electrons. The molecule has 0 radical (unpaired) electrons. The van der Waals surface area contributed by atoms with Crippen molar-refractivity contribution in [1.29, 1.82) is 0 Å². The molecular weight excluding hydrogens is 364 g/mol. The number of aromatic hydroxyl groups is 1. The van der Waals surface area contributed by atoms with Crippen molar-refractivity contribution in [3.63, 3.8) is 0 Å². The first kappa shape index (κ1) is 20.7. The van der Waals surface area contributed by atoms with Crippen molar-refractivity contribution in [3.05, 3.63) is 76.9 Å². The molecule has 1 atom stereocenters. The van der Waals surface area contributed by atoms with E-state index in [2.05, 4.69) is 32.9 Å². The van der Waals surface area contributed by atoms with Gasteiger partial charge in [0, 0.05) is 6.07 Å².